The molecule has 0 amide bonds. The molecule has 0 spiro atoms. The Morgan fingerprint density at radius 3 is 2.33 bits per heavy atom. The topological polar surface area (TPSA) is 26.3 Å². The van der Waals surface area contributed by atoms with Crippen LogP contribution in [0.1, 0.15) is 17.3 Å². The number of hydrogen-bond acceptors (Lipinski definition) is 2. The van der Waals surface area contributed by atoms with Crippen molar-refractivity contribution < 1.29 is 13.6 Å². The molecule has 0 aromatic heterocycles. The average Bonchev–Trinajstić information content (AvgIpc) is 2.05. The summed E-state index contributed by atoms with van der Waals surface area (Å²) < 4.78 is 19.0. The van der Waals surface area contributed by atoms with Gasteiger partial charge in [-0.3, -0.25) is 4.79 Å². The van der Waals surface area contributed by atoms with Gasteiger partial charge in [0, 0.05) is 5.56 Å². The van der Waals surface area contributed by atoms with Crippen LogP contribution < -0.4 is 4.43 Å². The first kappa shape index (κ1) is 11.9. The van der Waals surface area contributed by atoms with E-state index in [0.29, 0.717) is 5.56 Å². The third kappa shape index (κ3) is 3.47. The van der Waals surface area contributed by atoms with Gasteiger partial charge in [0.2, 0.25) is 8.32 Å². The van der Waals surface area contributed by atoms with Crippen molar-refractivity contribution in [2.24, 2.45) is 0 Å². The summed E-state index contributed by atoms with van der Waals surface area (Å²) in [6, 6.07) is 4.32. The highest BCUT2D eigenvalue weighted by Crippen LogP contribution is 2.21. The molecule has 0 aliphatic carbocycles. The smallest absolute Gasteiger partial charge is 0.242 e. The second-order valence-corrected chi connectivity index (χ2v) is 8.84. The minimum Gasteiger partial charge on any atom is -0.542 e. The maximum Gasteiger partial charge on any atom is 0.242 e. The summed E-state index contributed by atoms with van der Waals surface area (Å²) in [6.45, 7) is 7.34. The lowest BCUT2D eigenvalue weighted by atomic mass is 10.1. The molecule has 2 nitrogen and oxygen atoms in total. The molecule has 0 heterocycles. The van der Waals surface area contributed by atoms with Crippen molar-refractivity contribution in [2.75, 3.05) is 0 Å². The lowest BCUT2D eigenvalue weighted by Crippen LogP contribution is -2.29. The summed E-state index contributed by atoms with van der Waals surface area (Å²) in [4.78, 5) is 11.0. The first-order valence-corrected chi connectivity index (χ1v) is 8.20. The van der Waals surface area contributed by atoms with Crippen molar-refractivity contribution >= 4 is 14.1 Å². The number of benzene rings is 1. The van der Waals surface area contributed by atoms with Crippen LogP contribution in [0.25, 0.3) is 0 Å². The Morgan fingerprint density at radius 1 is 1.33 bits per heavy atom. The van der Waals surface area contributed by atoms with Crippen molar-refractivity contribution in [3.63, 3.8) is 0 Å². The lowest BCUT2D eigenvalue weighted by molar-refractivity contribution is 0.101. The number of carbonyl (C=O) groups is 1. The highest BCUT2D eigenvalue weighted by molar-refractivity contribution is 6.70. The van der Waals surface area contributed by atoms with Crippen molar-refractivity contribution in [1.82, 2.24) is 0 Å². The quantitative estimate of drug-likeness (QED) is 0.584. The second-order valence-electron chi connectivity index (χ2n) is 4.42. The summed E-state index contributed by atoms with van der Waals surface area (Å²) >= 11 is 0. The normalized spacial score (nSPS) is 11.3. The van der Waals surface area contributed by atoms with E-state index in [9.17, 15) is 9.18 Å². The highest BCUT2D eigenvalue weighted by atomic mass is 28.4. The van der Waals surface area contributed by atoms with Gasteiger partial charge in [-0.05, 0) is 44.8 Å². The number of rotatable bonds is 3. The molecule has 1 aromatic rings. The van der Waals surface area contributed by atoms with Crippen molar-refractivity contribution in [3.05, 3.63) is 29.6 Å². The van der Waals surface area contributed by atoms with Gasteiger partial charge in [0.15, 0.2) is 11.6 Å². The summed E-state index contributed by atoms with van der Waals surface area (Å²) in [5.41, 5.74) is 0.371. The minimum absolute atomic E-state index is 0.145. The number of ketones is 1. The maximum atomic E-state index is 13.5. The third-order valence-corrected chi connectivity index (χ3v) is 2.59. The minimum atomic E-state index is -1.80. The van der Waals surface area contributed by atoms with Crippen LogP contribution in [-0.4, -0.2) is 14.1 Å². The fourth-order valence-corrected chi connectivity index (χ4v) is 1.96. The van der Waals surface area contributed by atoms with Crippen LogP contribution in [0.2, 0.25) is 19.6 Å². The molecule has 0 unspecified atom stereocenters. The van der Waals surface area contributed by atoms with E-state index in [1.54, 1.807) is 6.07 Å². The summed E-state index contributed by atoms with van der Waals surface area (Å²) in [5.74, 6) is -0.377. The highest BCUT2D eigenvalue weighted by Gasteiger charge is 2.18. The maximum absolute atomic E-state index is 13.5. The van der Waals surface area contributed by atoms with Crippen LogP contribution in [-0.2, 0) is 0 Å². The number of Topliss-reactive ketones (excluding diaryl/α,β-unsaturated/α-hetero) is 1. The van der Waals surface area contributed by atoms with Crippen LogP contribution in [0.4, 0.5) is 4.39 Å². The van der Waals surface area contributed by atoms with E-state index in [2.05, 4.69) is 0 Å². The van der Waals surface area contributed by atoms with Gasteiger partial charge in [0.05, 0.1) is 0 Å². The molecular weight excluding hydrogens is 211 g/mol. The van der Waals surface area contributed by atoms with Crippen LogP contribution in [0.5, 0.6) is 5.75 Å². The lowest BCUT2D eigenvalue weighted by Gasteiger charge is -2.19. The van der Waals surface area contributed by atoms with Gasteiger partial charge < -0.3 is 4.43 Å². The molecule has 82 valence electrons. The number of hydrogen-bond donors (Lipinski definition) is 0. The molecule has 0 fully saturated rings. The van der Waals surface area contributed by atoms with E-state index in [-0.39, 0.29) is 11.5 Å². The summed E-state index contributed by atoms with van der Waals surface area (Å²) in [6.07, 6.45) is 0. The summed E-state index contributed by atoms with van der Waals surface area (Å²) in [7, 11) is -1.80. The van der Waals surface area contributed by atoms with Gasteiger partial charge in [-0.1, -0.05) is 0 Å². The molecule has 0 saturated heterocycles. The Labute approximate surface area is 90.2 Å². The SMILES string of the molecule is CC(=O)c1ccc(O[Si](C)(C)C)c(F)c1. The predicted octanol–water partition coefficient (Wildman–Crippen LogP) is 3.24. The Morgan fingerprint density at radius 2 is 1.93 bits per heavy atom. The predicted molar refractivity (Wildman–Crippen MR) is 60.4 cm³/mol. The largest absolute Gasteiger partial charge is 0.542 e. The summed E-state index contributed by atoms with van der Waals surface area (Å²) in [5, 5.41) is 0. The van der Waals surface area contributed by atoms with E-state index in [4.69, 9.17) is 4.43 Å². The van der Waals surface area contributed by atoms with Crippen molar-refractivity contribution in [1.29, 1.82) is 0 Å². The molecular formula is C11H15FO2Si. The van der Waals surface area contributed by atoms with Crippen LogP contribution in [0.15, 0.2) is 18.2 Å². The van der Waals surface area contributed by atoms with Crippen molar-refractivity contribution in [2.45, 2.75) is 26.6 Å². The second kappa shape index (κ2) is 4.14. The molecule has 0 saturated carbocycles. The molecule has 1 rings (SSSR count). The van der Waals surface area contributed by atoms with E-state index >= 15 is 0 Å². The van der Waals surface area contributed by atoms with Gasteiger partial charge in [-0.15, -0.1) is 0 Å². The molecule has 0 N–H and O–H groups in total. The first-order valence-electron chi connectivity index (χ1n) is 4.79. The molecule has 4 heteroatoms. The van der Waals surface area contributed by atoms with Crippen LogP contribution in [0, 0.1) is 5.82 Å². The van der Waals surface area contributed by atoms with Gasteiger partial charge in [-0.25, -0.2) is 4.39 Å². The van der Waals surface area contributed by atoms with E-state index < -0.39 is 14.1 Å². The van der Waals surface area contributed by atoms with Crippen LogP contribution in [0.3, 0.4) is 0 Å². The average molecular weight is 226 g/mol. The molecule has 0 radical (unpaired) electrons. The molecule has 0 aliphatic rings. The Bertz CT molecular complexity index is 383. The molecule has 15 heavy (non-hydrogen) atoms. The number of halogens is 1. The van der Waals surface area contributed by atoms with E-state index in [1.807, 2.05) is 19.6 Å². The fraction of sp³-hybridized carbons (Fsp3) is 0.364. The molecule has 0 bridgehead atoms. The fourth-order valence-electron chi connectivity index (χ4n) is 1.13. The van der Waals surface area contributed by atoms with E-state index in [0.717, 1.165) is 0 Å². The Hall–Kier alpha value is -1.16. The zero-order valence-electron chi connectivity index (χ0n) is 9.43. The van der Waals surface area contributed by atoms with Gasteiger partial charge in [0.1, 0.15) is 5.75 Å². The van der Waals surface area contributed by atoms with Gasteiger partial charge in [-0.2, -0.15) is 0 Å². The zero-order valence-corrected chi connectivity index (χ0v) is 10.4. The molecule has 0 atom stereocenters. The Kier molecular flexibility index (Phi) is 3.29. The first-order chi connectivity index (χ1) is 6.79. The van der Waals surface area contributed by atoms with Gasteiger partial charge in [0.25, 0.3) is 0 Å². The van der Waals surface area contributed by atoms with Crippen molar-refractivity contribution in [3.8, 4) is 5.75 Å². The monoisotopic (exact) mass is 226 g/mol. The molecule has 0 aliphatic heterocycles. The molecule has 1 aromatic carbocycles. The Balaban J connectivity index is 2.99. The third-order valence-electron chi connectivity index (χ3n) is 1.75. The van der Waals surface area contributed by atoms with E-state index in [1.165, 1.54) is 19.1 Å². The number of carbonyl (C=O) groups excluding carboxylic acids is 1. The standard InChI is InChI=1S/C11H15FO2Si/c1-8(13)9-5-6-11(10(12)7-9)14-15(2,3)4/h5-7H,1-4H3. The zero-order chi connectivity index (χ0) is 11.6. The van der Waals surface area contributed by atoms with Crippen LogP contribution >= 0.6 is 0 Å². The van der Waals surface area contributed by atoms with Gasteiger partial charge >= 0.3 is 0 Å².